The maximum Gasteiger partial charge on any atom is 0.247 e. The molecule has 4 rings (SSSR count). The number of nitrogens with two attached hydrogens (primary N) is 1. The summed E-state index contributed by atoms with van der Waals surface area (Å²) in [7, 11) is 3.09. The topological polar surface area (TPSA) is 149 Å². The third-order valence-corrected chi connectivity index (χ3v) is 8.54. The average Bonchev–Trinajstić information content (AvgIpc) is 3.12. The van der Waals surface area contributed by atoms with Gasteiger partial charge in [0.1, 0.15) is 30.2 Å². The number of hydrogen-bond donors (Lipinski definition) is 3. The lowest BCUT2D eigenvalue weighted by atomic mass is 9.92. The van der Waals surface area contributed by atoms with Crippen molar-refractivity contribution in [1.82, 2.24) is 15.7 Å². The fourth-order valence-electron chi connectivity index (χ4n) is 5.72. The molecule has 0 saturated heterocycles. The van der Waals surface area contributed by atoms with Gasteiger partial charge in [0, 0.05) is 30.4 Å². The quantitative estimate of drug-likeness (QED) is 0.123. The second-order valence-electron chi connectivity index (χ2n) is 13.0. The SMILES string of the molecule is COc1ccc(CN(OCc2ccccc2)C(=O)C[C@@H](CC(C)C)C(=O)N[C@H](Cc2ccc3ccccc3c2)C(=O)N[C@@H](C)C(N)=O)c(OC)c1. The van der Waals surface area contributed by atoms with Crippen LogP contribution < -0.4 is 25.8 Å². The Kier molecular flexibility index (Phi) is 14.0. The molecule has 11 nitrogen and oxygen atoms in total. The molecule has 4 amide bonds. The van der Waals surface area contributed by atoms with E-state index in [2.05, 4.69) is 10.6 Å². The monoisotopic (exact) mass is 696 g/mol. The van der Waals surface area contributed by atoms with Crippen LogP contribution in [0.4, 0.5) is 0 Å². The van der Waals surface area contributed by atoms with Crippen molar-refractivity contribution in [3.63, 3.8) is 0 Å². The molecule has 0 aliphatic heterocycles. The number of rotatable bonds is 18. The van der Waals surface area contributed by atoms with Crippen molar-refractivity contribution in [1.29, 1.82) is 0 Å². The van der Waals surface area contributed by atoms with Crippen molar-refractivity contribution in [2.24, 2.45) is 17.6 Å². The highest BCUT2D eigenvalue weighted by Gasteiger charge is 2.31. The third-order valence-electron chi connectivity index (χ3n) is 8.54. The van der Waals surface area contributed by atoms with Gasteiger partial charge >= 0.3 is 0 Å². The first-order chi connectivity index (χ1) is 24.5. The first-order valence-electron chi connectivity index (χ1n) is 17.0. The van der Waals surface area contributed by atoms with E-state index in [9.17, 15) is 19.2 Å². The van der Waals surface area contributed by atoms with Crippen molar-refractivity contribution in [3.05, 3.63) is 108 Å². The lowest BCUT2D eigenvalue weighted by molar-refractivity contribution is -0.197. The molecule has 0 spiro atoms. The molecule has 0 unspecified atom stereocenters. The number of nitrogens with zero attached hydrogens (tertiary/aromatic N) is 1. The molecule has 4 aromatic carbocycles. The fraction of sp³-hybridized carbons (Fsp3) is 0.350. The summed E-state index contributed by atoms with van der Waals surface area (Å²) in [6, 6.07) is 26.4. The summed E-state index contributed by atoms with van der Waals surface area (Å²) < 4.78 is 10.9. The maximum atomic E-state index is 14.1. The molecule has 0 radical (unpaired) electrons. The zero-order valence-corrected chi connectivity index (χ0v) is 29.9. The van der Waals surface area contributed by atoms with Gasteiger partial charge in [-0.2, -0.15) is 0 Å². The number of benzene rings is 4. The summed E-state index contributed by atoms with van der Waals surface area (Å²) in [5.74, 6) is -1.77. The molecule has 3 atom stereocenters. The first kappa shape index (κ1) is 38.4. The van der Waals surface area contributed by atoms with Crippen LogP contribution in [0.1, 0.15) is 50.3 Å². The number of hydrogen-bond acceptors (Lipinski definition) is 7. The third kappa shape index (κ3) is 11.3. The number of carbonyl (C=O) groups is 4. The molecule has 11 heteroatoms. The average molecular weight is 697 g/mol. The van der Waals surface area contributed by atoms with Gasteiger partial charge in [0.25, 0.3) is 0 Å². The van der Waals surface area contributed by atoms with E-state index in [1.165, 1.54) is 19.1 Å². The van der Waals surface area contributed by atoms with Gasteiger partial charge in [-0.25, -0.2) is 5.06 Å². The highest BCUT2D eigenvalue weighted by atomic mass is 16.7. The van der Waals surface area contributed by atoms with Crippen molar-refractivity contribution >= 4 is 34.4 Å². The standard InChI is InChI=1S/C40H48N4O7/c1-26(2)19-33(22-37(45)44(51-25-28-11-7-6-8-12-28)24-32-17-18-34(49-4)23-36(32)50-5)39(47)43-35(40(48)42-27(3)38(41)46)21-29-15-16-30-13-9-10-14-31(30)20-29/h6-18,20,23,26-27,33,35H,19,21-22,24-25H2,1-5H3,(H2,41,46)(H,42,48)(H,43,47)/t27-,33+,35+/m0/s1. The van der Waals surface area contributed by atoms with E-state index < -0.39 is 41.6 Å². The van der Waals surface area contributed by atoms with Gasteiger partial charge in [0.2, 0.25) is 23.6 Å². The molecule has 4 N–H and O–H groups in total. The van der Waals surface area contributed by atoms with Crippen molar-refractivity contribution in [3.8, 4) is 11.5 Å². The van der Waals surface area contributed by atoms with Gasteiger partial charge in [-0.3, -0.25) is 24.0 Å². The Bertz CT molecular complexity index is 1800. The van der Waals surface area contributed by atoms with Crippen molar-refractivity contribution < 1.29 is 33.5 Å². The van der Waals surface area contributed by atoms with Crippen LogP contribution in [0.2, 0.25) is 0 Å². The molecular weight excluding hydrogens is 648 g/mol. The summed E-state index contributed by atoms with van der Waals surface area (Å²) in [5.41, 5.74) is 7.78. The van der Waals surface area contributed by atoms with E-state index in [4.69, 9.17) is 20.0 Å². The number of nitrogens with one attached hydrogen (secondary N) is 2. The summed E-state index contributed by atoms with van der Waals surface area (Å²) >= 11 is 0. The van der Waals surface area contributed by atoms with E-state index in [0.29, 0.717) is 23.5 Å². The molecule has 0 fully saturated rings. The van der Waals surface area contributed by atoms with Gasteiger partial charge in [-0.1, -0.05) is 86.6 Å². The number of hydroxylamine groups is 2. The largest absolute Gasteiger partial charge is 0.497 e. The predicted molar refractivity (Wildman–Crippen MR) is 195 cm³/mol. The van der Waals surface area contributed by atoms with E-state index in [1.54, 1.807) is 25.3 Å². The fourth-order valence-corrected chi connectivity index (χ4v) is 5.72. The van der Waals surface area contributed by atoms with Gasteiger partial charge in [-0.15, -0.1) is 0 Å². The van der Waals surface area contributed by atoms with Crippen LogP contribution in [0.3, 0.4) is 0 Å². The molecule has 0 aliphatic carbocycles. The zero-order chi connectivity index (χ0) is 36.9. The Morgan fingerprint density at radius 2 is 1.47 bits per heavy atom. The van der Waals surface area contributed by atoms with Gasteiger partial charge in [0.05, 0.1) is 20.8 Å². The molecular formula is C40H48N4O7. The normalized spacial score (nSPS) is 12.8. The number of fused-ring (bicyclic) bond motifs is 1. The van der Waals surface area contributed by atoms with Gasteiger partial charge in [0.15, 0.2) is 0 Å². The molecule has 0 heterocycles. The first-order valence-corrected chi connectivity index (χ1v) is 17.0. The Balaban J connectivity index is 1.59. The zero-order valence-electron chi connectivity index (χ0n) is 29.9. The van der Waals surface area contributed by atoms with Crippen LogP contribution in [-0.2, 0) is 43.6 Å². The number of amides is 4. The van der Waals surface area contributed by atoms with Crippen LogP contribution in [0.15, 0.2) is 91.0 Å². The van der Waals surface area contributed by atoms with Gasteiger partial charge < -0.3 is 25.8 Å². The van der Waals surface area contributed by atoms with E-state index in [1.807, 2.05) is 86.6 Å². The molecule has 270 valence electrons. The second-order valence-corrected chi connectivity index (χ2v) is 13.0. The molecule has 0 aromatic heterocycles. The molecule has 0 bridgehead atoms. The molecule has 51 heavy (non-hydrogen) atoms. The van der Waals surface area contributed by atoms with E-state index in [-0.39, 0.29) is 31.9 Å². The van der Waals surface area contributed by atoms with E-state index >= 15 is 0 Å². The number of ether oxygens (including phenoxy) is 2. The van der Waals surface area contributed by atoms with Crippen LogP contribution in [0, 0.1) is 11.8 Å². The van der Waals surface area contributed by atoms with E-state index in [0.717, 1.165) is 21.9 Å². The Morgan fingerprint density at radius 3 is 2.14 bits per heavy atom. The maximum absolute atomic E-state index is 14.1. The lowest BCUT2D eigenvalue weighted by Gasteiger charge is -2.27. The Morgan fingerprint density at radius 1 is 0.765 bits per heavy atom. The van der Waals surface area contributed by atoms with Crippen LogP contribution in [0.25, 0.3) is 10.8 Å². The summed E-state index contributed by atoms with van der Waals surface area (Å²) in [4.78, 5) is 59.5. The van der Waals surface area contributed by atoms with Crippen LogP contribution in [0.5, 0.6) is 11.5 Å². The van der Waals surface area contributed by atoms with Crippen molar-refractivity contribution in [2.75, 3.05) is 14.2 Å². The van der Waals surface area contributed by atoms with Crippen LogP contribution in [-0.4, -0.2) is 55.0 Å². The highest BCUT2D eigenvalue weighted by Crippen LogP contribution is 2.27. The van der Waals surface area contributed by atoms with Gasteiger partial charge in [-0.05, 0) is 53.3 Å². The minimum atomic E-state index is -1.04. The summed E-state index contributed by atoms with van der Waals surface area (Å²) in [6.45, 7) is 5.58. The Labute approximate surface area is 299 Å². The molecule has 0 saturated carbocycles. The minimum absolute atomic E-state index is 0.0485. The predicted octanol–water partition coefficient (Wildman–Crippen LogP) is 5.09. The highest BCUT2D eigenvalue weighted by molar-refractivity contribution is 5.93. The minimum Gasteiger partial charge on any atom is -0.497 e. The second kappa shape index (κ2) is 18.5. The summed E-state index contributed by atoms with van der Waals surface area (Å²) in [5, 5.41) is 8.79. The molecule has 4 aromatic rings. The lowest BCUT2D eigenvalue weighted by Crippen LogP contribution is -2.54. The smallest absolute Gasteiger partial charge is 0.247 e. The number of methoxy groups -OCH3 is 2. The number of carbonyl (C=O) groups excluding carboxylic acids is 4. The van der Waals surface area contributed by atoms with Crippen molar-refractivity contribution in [2.45, 2.75) is 65.3 Å². The molecule has 0 aliphatic rings. The Hall–Kier alpha value is -5.42. The number of primary amides is 1. The summed E-state index contributed by atoms with van der Waals surface area (Å²) in [6.07, 6.45) is 0.344. The van der Waals surface area contributed by atoms with Crippen LogP contribution >= 0.6 is 0 Å².